The number of pyridine rings is 1. The Hall–Kier alpha value is -2.13. The first-order valence-electron chi connectivity index (χ1n) is 6.90. The zero-order valence-electron chi connectivity index (χ0n) is 11.7. The number of fused-ring (bicyclic) bond motifs is 1. The minimum Gasteiger partial charge on any atom is -0.289 e. The third-order valence-electron chi connectivity index (χ3n) is 3.34. The van der Waals surface area contributed by atoms with Gasteiger partial charge in [-0.1, -0.05) is 31.2 Å². The largest absolute Gasteiger partial charge is 0.289 e. The number of carbonyl (C=O) groups excluding carboxylic acids is 1. The van der Waals surface area contributed by atoms with Gasteiger partial charge in [-0.25, -0.2) is 0 Å². The van der Waals surface area contributed by atoms with Crippen LogP contribution in [0.3, 0.4) is 0 Å². The van der Waals surface area contributed by atoms with E-state index in [1.807, 2.05) is 48.5 Å². The summed E-state index contributed by atoms with van der Waals surface area (Å²) < 4.78 is 0. The molecule has 0 saturated carbocycles. The number of rotatable bonds is 4. The van der Waals surface area contributed by atoms with Crippen molar-refractivity contribution in [2.75, 3.05) is 5.75 Å². The summed E-state index contributed by atoms with van der Waals surface area (Å²) in [6, 6.07) is 15.6. The third kappa shape index (κ3) is 2.83. The molecule has 0 atom stereocenters. The molecule has 0 aliphatic carbocycles. The maximum atomic E-state index is 12.7. The molecule has 0 aliphatic rings. The van der Waals surface area contributed by atoms with Gasteiger partial charge in [-0.3, -0.25) is 9.78 Å². The van der Waals surface area contributed by atoms with E-state index in [0.29, 0.717) is 11.1 Å². The van der Waals surface area contributed by atoms with Crippen LogP contribution in [0.15, 0.2) is 65.8 Å². The number of hydrogen-bond donors (Lipinski definition) is 0. The molecule has 1 aromatic heterocycles. The standard InChI is InChI=1S/C18H15NOS/c1-2-21-15-9-7-13(8-10-15)18(20)17-12-19-11-14-5-3-4-6-16(14)17/h3-12H,2H2,1H3. The first kappa shape index (κ1) is 13.8. The van der Waals surface area contributed by atoms with Crippen molar-refractivity contribution < 1.29 is 4.79 Å². The van der Waals surface area contributed by atoms with Crippen molar-refractivity contribution in [3.05, 3.63) is 72.1 Å². The van der Waals surface area contributed by atoms with E-state index in [0.717, 1.165) is 16.5 Å². The van der Waals surface area contributed by atoms with Gasteiger partial charge in [0.2, 0.25) is 0 Å². The Balaban J connectivity index is 2.00. The van der Waals surface area contributed by atoms with Gasteiger partial charge in [0.15, 0.2) is 5.78 Å². The average molecular weight is 293 g/mol. The van der Waals surface area contributed by atoms with Crippen molar-refractivity contribution in [2.24, 2.45) is 0 Å². The monoisotopic (exact) mass is 293 g/mol. The van der Waals surface area contributed by atoms with E-state index in [2.05, 4.69) is 11.9 Å². The predicted octanol–water partition coefficient (Wildman–Crippen LogP) is 4.58. The molecule has 0 radical (unpaired) electrons. The van der Waals surface area contributed by atoms with E-state index in [1.54, 1.807) is 24.2 Å². The zero-order valence-corrected chi connectivity index (χ0v) is 12.6. The third-order valence-corrected chi connectivity index (χ3v) is 4.23. The van der Waals surface area contributed by atoms with Crippen molar-refractivity contribution in [3.63, 3.8) is 0 Å². The predicted molar refractivity (Wildman–Crippen MR) is 88.0 cm³/mol. The summed E-state index contributed by atoms with van der Waals surface area (Å²) in [5.74, 6) is 1.05. The zero-order chi connectivity index (χ0) is 14.7. The van der Waals surface area contributed by atoms with Crippen molar-refractivity contribution in [2.45, 2.75) is 11.8 Å². The van der Waals surface area contributed by atoms with Gasteiger partial charge in [0.1, 0.15) is 0 Å². The van der Waals surface area contributed by atoms with Crippen molar-refractivity contribution in [1.82, 2.24) is 4.98 Å². The molecule has 104 valence electrons. The fourth-order valence-electron chi connectivity index (χ4n) is 2.32. The van der Waals surface area contributed by atoms with Gasteiger partial charge in [-0.2, -0.15) is 0 Å². The van der Waals surface area contributed by atoms with E-state index >= 15 is 0 Å². The number of aromatic nitrogens is 1. The fraction of sp³-hybridized carbons (Fsp3) is 0.111. The quantitative estimate of drug-likeness (QED) is 0.521. The molecule has 0 unspecified atom stereocenters. The normalized spacial score (nSPS) is 10.7. The van der Waals surface area contributed by atoms with Crippen LogP contribution < -0.4 is 0 Å². The van der Waals surface area contributed by atoms with Crippen LogP contribution in [0, 0.1) is 0 Å². The lowest BCUT2D eigenvalue weighted by Gasteiger charge is -2.06. The molecular formula is C18H15NOS. The maximum absolute atomic E-state index is 12.7. The minimum absolute atomic E-state index is 0.0207. The maximum Gasteiger partial charge on any atom is 0.195 e. The Bertz CT molecular complexity index is 775. The summed E-state index contributed by atoms with van der Waals surface area (Å²) in [4.78, 5) is 18.0. The Morgan fingerprint density at radius 2 is 1.81 bits per heavy atom. The second-order valence-corrected chi connectivity index (χ2v) is 6.03. The molecule has 3 aromatic rings. The Kier molecular flexibility index (Phi) is 4.02. The van der Waals surface area contributed by atoms with Crippen molar-refractivity contribution in [3.8, 4) is 0 Å². The van der Waals surface area contributed by atoms with E-state index < -0.39 is 0 Å². The lowest BCUT2D eigenvalue weighted by Crippen LogP contribution is -2.02. The van der Waals surface area contributed by atoms with Crippen LogP contribution >= 0.6 is 11.8 Å². The molecule has 0 N–H and O–H groups in total. The van der Waals surface area contributed by atoms with E-state index in [9.17, 15) is 4.79 Å². The van der Waals surface area contributed by atoms with Crippen LogP contribution in [0.4, 0.5) is 0 Å². The lowest BCUT2D eigenvalue weighted by atomic mass is 10.00. The fourth-order valence-corrected chi connectivity index (χ4v) is 2.98. The summed E-state index contributed by atoms with van der Waals surface area (Å²) in [6.07, 6.45) is 3.44. The molecule has 0 saturated heterocycles. The number of benzene rings is 2. The van der Waals surface area contributed by atoms with Gasteiger partial charge in [0.05, 0.1) is 0 Å². The highest BCUT2D eigenvalue weighted by molar-refractivity contribution is 7.99. The number of nitrogens with zero attached hydrogens (tertiary/aromatic N) is 1. The van der Waals surface area contributed by atoms with Gasteiger partial charge in [0.25, 0.3) is 0 Å². The van der Waals surface area contributed by atoms with Gasteiger partial charge in [-0.15, -0.1) is 11.8 Å². The van der Waals surface area contributed by atoms with Crippen LogP contribution in [-0.4, -0.2) is 16.5 Å². The molecular weight excluding hydrogens is 278 g/mol. The Labute approximate surface area is 128 Å². The average Bonchev–Trinajstić information content (AvgIpc) is 2.55. The molecule has 2 aromatic carbocycles. The Morgan fingerprint density at radius 3 is 2.57 bits per heavy atom. The summed E-state index contributed by atoms with van der Waals surface area (Å²) in [7, 11) is 0. The molecule has 0 fully saturated rings. The van der Waals surface area contributed by atoms with Crippen LogP contribution in [0.25, 0.3) is 10.8 Å². The molecule has 21 heavy (non-hydrogen) atoms. The SMILES string of the molecule is CCSc1ccc(C(=O)c2cncc3ccccc23)cc1. The second-order valence-electron chi connectivity index (χ2n) is 4.69. The molecule has 2 nitrogen and oxygen atoms in total. The molecule has 0 amide bonds. The van der Waals surface area contributed by atoms with Crippen LogP contribution in [0.5, 0.6) is 0 Å². The van der Waals surface area contributed by atoms with Crippen LogP contribution in [0.2, 0.25) is 0 Å². The minimum atomic E-state index is 0.0207. The van der Waals surface area contributed by atoms with Gasteiger partial charge in [0, 0.05) is 33.8 Å². The van der Waals surface area contributed by atoms with E-state index in [4.69, 9.17) is 0 Å². The van der Waals surface area contributed by atoms with Gasteiger partial charge >= 0.3 is 0 Å². The first-order chi connectivity index (χ1) is 10.3. The topological polar surface area (TPSA) is 30.0 Å². The summed E-state index contributed by atoms with van der Waals surface area (Å²) in [5.41, 5.74) is 1.36. The van der Waals surface area contributed by atoms with Crippen molar-refractivity contribution >= 4 is 28.3 Å². The smallest absolute Gasteiger partial charge is 0.195 e. The highest BCUT2D eigenvalue weighted by Gasteiger charge is 2.12. The second kappa shape index (κ2) is 6.10. The number of hydrogen-bond acceptors (Lipinski definition) is 3. The van der Waals surface area contributed by atoms with Crippen LogP contribution in [0.1, 0.15) is 22.8 Å². The summed E-state index contributed by atoms with van der Waals surface area (Å²) >= 11 is 1.77. The van der Waals surface area contributed by atoms with E-state index in [-0.39, 0.29) is 5.78 Å². The highest BCUT2D eigenvalue weighted by Crippen LogP contribution is 2.22. The van der Waals surface area contributed by atoms with Gasteiger partial charge in [-0.05, 0) is 35.4 Å². The summed E-state index contributed by atoms with van der Waals surface area (Å²) in [5, 5.41) is 1.94. The van der Waals surface area contributed by atoms with Gasteiger partial charge < -0.3 is 0 Å². The summed E-state index contributed by atoms with van der Waals surface area (Å²) in [6.45, 7) is 2.12. The molecule has 1 heterocycles. The van der Waals surface area contributed by atoms with Crippen molar-refractivity contribution in [1.29, 1.82) is 0 Å². The molecule has 3 rings (SSSR count). The molecule has 3 heteroatoms. The molecule has 0 bridgehead atoms. The van der Waals surface area contributed by atoms with E-state index in [1.165, 1.54) is 4.90 Å². The Morgan fingerprint density at radius 1 is 1.05 bits per heavy atom. The lowest BCUT2D eigenvalue weighted by molar-refractivity contribution is 0.104. The molecule has 0 spiro atoms. The highest BCUT2D eigenvalue weighted by atomic mass is 32.2. The number of ketones is 1. The number of carbonyl (C=O) groups is 1. The number of thioether (sulfide) groups is 1. The molecule has 0 aliphatic heterocycles. The van der Waals surface area contributed by atoms with Crippen LogP contribution in [-0.2, 0) is 0 Å². The first-order valence-corrected chi connectivity index (χ1v) is 7.88.